The summed E-state index contributed by atoms with van der Waals surface area (Å²) in [6.07, 6.45) is -0.548. The predicted molar refractivity (Wildman–Crippen MR) is 106 cm³/mol. The zero-order chi connectivity index (χ0) is 21.4. The molecule has 1 aliphatic rings. The first kappa shape index (κ1) is 20.1. The smallest absolute Gasteiger partial charge is 0.266 e. The number of fused-ring (bicyclic) bond motifs is 1. The molecule has 0 aliphatic carbocycles. The average Bonchev–Trinajstić information content (AvgIpc) is 3.05. The second-order valence-corrected chi connectivity index (χ2v) is 7.20. The summed E-state index contributed by atoms with van der Waals surface area (Å²) >= 11 is 0. The molecule has 3 aromatic rings. The summed E-state index contributed by atoms with van der Waals surface area (Å²) in [5.41, 5.74) is 0.610. The van der Waals surface area contributed by atoms with Gasteiger partial charge in [-0.05, 0) is 19.1 Å². The molecule has 0 saturated carbocycles. The Morgan fingerprint density at radius 2 is 2.00 bits per heavy atom. The van der Waals surface area contributed by atoms with Crippen molar-refractivity contribution in [2.45, 2.75) is 31.9 Å². The number of aliphatic hydroxyl groups is 1. The van der Waals surface area contributed by atoms with E-state index in [-0.39, 0.29) is 24.4 Å². The van der Waals surface area contributed by atoms with Crippen LogP contribution in [0.25, 0.3) is 10.9 Å². The van der Waals surface area contributed by atoms with Crippen molar-refractivity contribution in [2.75, 3.05) is 16.8 Å². The van der Waals surface area contributed by atoms with Crippen LogP contribution in [-0.2, 0) is 4.79 Å². The zero-order valence-electron chi connectivity index (χ0n) is 16.0. The van der Waals surface area contributed by atoms with E-state index in [0.717, 1.165) is 6.07 Å². The van der Waals surface area contributed by atoms with Crippen molar-refractivity contribution in [3.63, 3.8) is 0 Å². The molecule has 1 aromatic carbocycles. The highest BCUT2D eigenvalue weighted by molar-refractivity contribution is 5.99. The number of hydrogen-bond donors (Lipinski definition) is 2. The number of anilines is 2. The first-order valence-electron chi connectivity index (χ1n) is 9.41. The minimum atomic E-state index is -2.90. The quantitative estimate of drug-likeness (QED) is 0.658. The minimum Gasteiger partial charge on any atom is -0.391 e. The topological polar surface area (TPSA) is 78.3 Å². The van der Waals surface area contributed by atoms with Crippen LogP contribution in [-0.4, -0.2) is 33.6 Å². The number of amides is 1. The number of nitrogens with one attached hydrogen (secondary N) is 1. The Kier molecular flexibility index (Phi) is 5.29. The molecule has 0 spiro atoms. The summed E-state index contributed by atoms with van der Waals surface area (Å²) in [6, 6.07) is 6.66. The largest absolute Gasteiger partial charge is 0.391 e. The standard InChI is InChI=1S/C21H19F3N4O2/c1-11(13-3-2-4-14(20(13)22)21(23)24)27-16-5-6-25-17-9-26-18(8-15(16)17)28-10-12(29)7-19(28)30/h2-6,8-9,11-12,21,29H,7,10H2,1H3,(H,25,27)/t11-,12?/m1/s1. The van der Waals surface area contributed by atoms with E-state index >= 15 is 0 Å². The summed E-state index contributed by atoms with van der Waals surface area (Å²) in [4.78, 5) is 22.0. The van der Waals surface area contributed by atoms with E-state index in [1.807, 2.05) is 0 Å². The Morgan fingerprint density at radius 1 is 1.23 bits per heavy atom. The number of alkyl halides is 2. The van der Waals surface area contributed by atoms with Crippen molar-refractivity contribution >= 4 is 28.3 Å². The van der Waals surface area contributed by atoms with Gasteiger partial charge in [0.05, 0.1) is 42.4 Å². The van der Waals surface area contributed by atoms with Gasteiger partial charge in [-0.15, -0.1) is 0 Å². The van der Waals surface area contributed by atoms with E-state index in [0.29, 0.717) is 22.4 Å². The molecule has 9 heteroatoms. The van der Waals surface area contributed by atoms with Crippen LogP contribution in [0.5, 0.6) is 0 Å². The molecule has 156 valence electrons. The lowest BCUT2D eigenvalue weighted by Gasteiger charge is -2.20. The van der Waals surface area contributed by atoms with Crippen LogP contribution < -0.4 is 10.2 Å². The number of halogens is 3. The zero-order valence-corrected chi connectivity index (χ0v) is 16.0. The normalized spacial score (nSPS) is 17.7. The van der Waals surface area contributed by atoms with Crippen LogP contribution >= 0.6 is 0 Å². The molecule has 30 heavy (non-hydrogen) atoms. The first-order chi connectivity index (χ1) is 14.3. The molecular formula is C21H19F3N4O2. The monoisotopic (exact) mass is 416 g/mol. The average molecular weight is 416 g/mol. The predicted octanol–water partition coefficient (Wildman–Crippen LogP) is 3.98. The number of carbonyl (C=O) groups excluding carboxylic acids is 1. The van der Waals surface area contributed by atoms with Gasteiger partial charge in [0.2, 0.25) is 5.91 Å². The number of aliphatic hydroxyl groups excluding tert-OH is 1. The number of β-amino-alcohol motifs (C(OH)–C–C–N with tert-alkyl or cyclic N) is 1. The van der Waals surface area contributed by atoms with Crippen molar-refractivity contribution in [1.29, 1.82) is 0 Å². The minimum absolute atomic E-state index is 0.0364. The molecule has 2 N–H and O–H groups in total. The van der Waals surface area contributed by atoms with Crippen molar-refractivity contribution in [1.82, 2.24) is 9.97 Å². The van der Waals surface area contributed by atoms with E-state index in [2.05, 4.69) is 15.3 Å². The van der Waals surface area contributed by atoms with E-state index in [1.54, 1.807) is 25.3 Å². The first-order valence-corrected chi connectivity index (χ1v) is 9.41. The Morgan fingerprint density at radius 3 is 2.70 bits per heavy atom. The van der Waals surface area contributed by atoms with Gasteiger partial charge in [-0.25, -0.2) is 18.2 Å². The van der Waals surface area contributed by atoms with E-state index in [1.165, 1.54) is 23.2 Å². The molecule has 1 fully saturated rings. The Balaban J connectivity index is 1.68. The number of pyridine rings is 2. The number of hydrogen-bond acceptors (Lipinski definition) is 5. The lowest BCUT2D eigenvalue weighted by Crippen LogP contribution is -2.26. The third-order valence-electron chi connectivity index (χ3n) is 5.13. The van der Waals surface area contributed by atoms with E-state index in [4.69, 9.17) is 0 Å². The van der Waals surface area contributed by atoms with Crippen molar-refractivity contribution in [3.05, 3.63) is 59.7 Å². The maximum Gasteiger partial charge on any atom is 0.266 e. The fraction of sp³-hybridized carbons (Fsp3) is 0.286. The molecule has 4 rings (SSSR count). The maximum absolute atomic E-state index is 14.5. The number of rotatable bonds is 5. The molecule has 0 bridgehead atoms. The van der Waals surface area contributed by atoms with Crippen LogP contribution in [0.4, 0.5) is 24.7 Å². The van der Waals surface area contributed by atoms with Gasteiger partial charge in [0.1, 0.15) is 11.6 Å². The van der Waals surface area contributed by atoms with E-state index in [9.17, 15) is 23.1 Å². The SMILES string of the molecule is C[C@@H](Nc1ccnc2cnc(N3CC(O)CC3=O)cc12)c1cccc(C(F)F)c1F. The molecule has 6 nitrogen and oxygen atoms in total. The summed E-state index contributed by atoms with van der Waals surface area (Å²) in [5, 5.41) is 13.5. The third kappa shape index (κ3) is 3.68. The molecule has 1 aliphatic heterocycles. The van der Waals surface area contributed by atoms with E-state index < -0.39 is 30.0 Å². The van der Waals surface area contributed by atoms with Gasteiger partial charge in [-0.1, -0.05) is 18.2 Å². The molecule has 1 unspecified atom stereocenters. The van der Waals surface area contributed by atoms with Gasteiger partial charge in [0.15, 0.2) is 0 Å². The van der Waals surface area contributed by atoms with Crippen molar-refractivity contribution < 1.29 is 23.1 Å². The summed E-state index contributed by atoms with van der Waals surface area (Å²) in [6.45, 7) is 1.82. The molecular weight excluding hydrogens is 397 g/mol. The Bertz CT molecular complexity index is 1110. The third-order valence-corrected chi connectivity index (χ3v) is 5.13. The van der Waals surface area contributed by atoms with Gasteiger partial charge >= 0.3 is 0 Å². The number of aromatic nitrogens is 2. The molecule has 1 saturated heterocycles. The lowest BCUT2D eigenvalue weighted by molar-refractivity contribution is -0.117. The Labute approximate surface area is 170 Å². The van der Waals surface area contributed by atoms with Crippen LogP contribution in [0, 0.1) is 5.82 Å². The molecule has 0 radical (unpaired) electrons. The summed E-state index contributed by atoms with van der Waals surface area (Å²) in [5.74, 6) is -0.796. The lowest BCUT2D eigenvalue weighted by atomic mass is 10.0. The highest BCUT2D eigenvalue weighted by atomic mass is 19.3. The van der Waals surface area contributed by atoms with Crippen LogP contribution in [0.2, 0.25) is 0 Å². The molecule has 2 atom stereocenters. The second kappa shape index (κ2) is 7.91. The fourth-order valence-corrected chi connectivity index (χ4v) is 3.60. The molecule has 1 amide bonds. The summed E-state index contributed by atoms with van der Waals surface area (Å²) in [7, 11) is 0. The number of carbonyl (C=O) groups is 1. The summed E-state index contributed by atoms with van der Waals surface area (Å²) < 4.78 is 40.6. The van der Waals surface area contributed by atoms with Crippen molar-refractivity contribution in [3.8, 4) is 0 Å². The van der Waals surface area contributed by atoms with Crippen LogP contribution in [0.15, 0.2) is 42.7 Å². The van der Waals surface area contributed by atoms with Gasteiger partial charge in [-0.3, -0.25) is 14.7 Å². The van der Waals surface area contributed by atoms with Crippen LogP contribution in [0.1, 0.15) is 36.9 Å². The molecule has 2 aromatic heterocycles. The maximum atomic E-state index is 14.5. The second-order valence-electron chi connectivity index (χ2n) is 7.20. The highest BCUT2D eigenvalue weighted by Crippen LogP contribution is 2.32. The van der Waals surface area contributed by atoms with Gasteiger partial charge in [0.25, 0.3) is 6.43 Å². The van der Waals surface area contributed by atoms with Crippen LogP contribution in [0.3, 0.4) is 0 Å². The van der Waals surface area contributed by atoms with Gasteiger partial charge in [0, 0.05) is 22.8 Å². The molecule has 3 heterocycles. The van der Waals surface area contributed by atoms with Crippen molar-refractivity contribution in [2.24, 2.45) is 0 Å². The fourth-order valence-electron chi connectivity index (χ4n) is 3.60. The number of benzene rings is 1. The number of nitrogens with zero attached hydrogens (tertiary/aromatic N) is 3. The van der Waals surface area contributed by atoms with Gasteiger partial charge < -0.3 is 10.4 Å². The highest BCUT2D eigenvalue weighted by Gasteiger charge is 2.30. The Hall–Kier alpha value is -3.20. The van der Waals surface area contributed by atoms with Gasteiger partial charge in [-0.2, -0.15) is 0 Å².